The highest BCUT2D eigenvalue weighted by Gasteiger charge is 2.27. The van der Waals surface area contributed by atoms with Gasteiger partial charge in [0.2, 0.25) is 10.0 Å². The normalized spacial score (nSPS) is 15.0. The Balaban J connectivity index is 1.47. The summed E-state index contributed by atoms with van der Waals surface area (Å²) in [5.74, 6) is -0.687. The average Bonchev–Trinajstić information content (AvgIpc) is 3.28. The number of benzene rings is 2. The largest absolute Gasteiger partial charge is 0.457 e. The van der Waals surface area contributed by atoms with Crippen molar-refractivity contribution in [1.29, 1.82) is 0 Å². The van der Waals surface area contributed by atoms with Crippen molar-refractivity contribution < 1.29 is 17.9 Å². The molecule has 162 valence electrons. The highest BCUT2D eigenvalue weighted by molar-refractivity contribution is 7.89. The van der Waals surface area contributed by atoms with Gasteiger partial charge in [-0.05, 0) is 43.2 Å². The van der Waals surface area contributed by atoms with Crippen LogP contribution in [0.1, 0.15) is 35.2 Å². The van der Waals surface area contributed by atoms with Crippen LogP contribution in [0.4, 0.5) is 0 Å². The van der Waals surface area contributed by atoms with Gasteiger partial charge in [-0.15, -0.1) is 0 Å². The Kier molecular flexibility index (Phi) is 6.41. The van der Waals surface area contributed by atoms with Gasteiger partial charge in [-0.1, -0.05) is 36.2 Å². The number of esters is 1. The van der Waals surface area contributed by atoms with Crippen LogP contribution in [0.2, 0.25) is 5.02 Å². The highest BCUT2D eigenvalue weighted by Crippen LogP contribution is 2.26. The molecule has 4 rings (SSSR count). The number of rotatable bonds is 6. The van der Waals surface area contributed by atoms with Crippen LogP contribution in [0.3, 0.4) is 0 Å². The minimum Gasteiger partial charge on any atom is -0.457 e. The molecule has 0 radical (unpaired) electrons. The summed E-state index contributed by atoms with van der Waals surface area (Å²) < 4.78 is 34.3. The van der Waals surface area contributed by atoms with Gasteiger partial charge in [0.05, 0.1) is 27.4 Å². The van der Waals surface area contributed by atoms with E-state index >= 15 is 0 Å². The zero-order valence-electron chi connectivity index (χ0n) is 16.8. The molecule has 1 aliphatic rings. The van der Waals surface area contributed by atoms with Crippen LogP contribution < -0.4 is 0 Å². The number of carbonyl (C=O) groups is 1. The van der Waals surface area contributed by atoms with Crippen molar-refractivity contribution in [2.75, 3.05) is 13.1 Å². The van der Waals surface area contributed by atoms with Gasteiger partial charge >= 0.3 is 5.97 Å². The second-order valence-corrected chi connectivity index (χ2v) is 9.66. The maximum Gasteiger partial charge on any atom is 0.340 e. The molecule has 0 N–H and O–H groups in total. The van der Waals surface area contributed by atoms with E-state index in [1.54, 1.807) is 17.1 Å². The van der Waals surface area contributed by atoms with Crippen molar-refractivity contribution in [2.45, 2.75) is 30.8 Å². The first kappa shape index (κ1) is 21.5. The third kappa shape index (κ3) is 4.81. The third-order valence-electron chi connectivity index (χ3n) is 5.14. The lowest BCUT2D eigenvalue weighted by atomic mass is 10.2. The van der Waals surface area contributed by atoms with Gasteiger partial charge in [0.25, 0.3) is 0 Å². The first-order valence-corrected chi connectivity index (χ1v) is 11.8. The number of sulfonamides is 1. The maximum absolute atomic E-state index is 12.9. The number of carbonyl (C=O) groups excluding carboxylic acids is 1. The van der Waals surface area contributed by atoms with Gasteiger partial charge in [0.15, 0.2) is 0 Å². The molecular weight excluding hydrogens is 438 g/mol. The van der Waals surface area contributed by atoms with Gasteiger partial charge in [-0.25, -0.2) is 17.9 Å². The fraction of sp³-hybridized carbons (Fsp3) is 0.273. The van der Waals surface area contributed by atoms with Gasteiger partial charge in [-0.3, -0.25) is 0 Å². The third-order valence-corrected chi connectivity index (χ3v) is 7.36. The standard InChI is InChI=1S/C22H22ClN3O4S/c23-21-10-9-19(31(28,29)25-11-5-2-6-12-25)13-20(21)22(27)30-16-17-14-24-26(15-17)18-7-3-1-4-8-18/h1,3-4,7-10,13-15H,2,5-6,11-12,16H2. The molecule has 2 aromatic carbocycles. The number of halogens is 1. The van der Waals surface area contributed by atoms with Crippen molar-refractivity contribution in [3.8, 4) is 5.69 Å². The van der Waals surface area contributed by atoms with Crippen LogP contribution in [0.15, 0.2) is 65.8 Å². The Morgan fingerprint density at radius 3 is 2.55 bits per heavy atom. The van der Waals surface area contributed by atoms with Crippen molar-refractivity contribution in [1.82, 2.24) is 14.1 Å². The molecule has 1 aliphatic heterocycles. The van der Waals surface area contributed by atoms with E-state index in [1.807, 2.05) is 30.3 Å². The van der Waals surface area contributed by atoms with Crippen LogP contribution in [0, 0.1) is 0 Å². The number of ether oxygens (including phenoxy) is 1. The van der Waals surface area contributed by atoms with Crippen molar-refractivity contribution >= 4 is 27.6 Å². The molecular formula is C22H22ClN3O4S. The van der Waals surface area contributed by atoms with E-state index in [0.717, 1.165) is 24.9 Å². The number of hydrogen-bond donors (Lipinski definition) is 0. The number of nitrogens with zero attached hydrogens (tertiary/aromatic N) is 3. The molecule has 1 saturated heterocycles. The summed E-state index contributed by atoms with van der Waals surface area (Å²) in [5.41, 5.74) is 1.61. The summed E-state index contributed by atoms with van der Waals surface area (Å²) in [6.45, 7) is 0.956. The Labute approximate surface area is 186 Å². The van der Waals surface area contributed by atoms with E-state index in [2.05, 4.69) is 5.10 Å². The Bertz CT molecular complexity index is 1170. The first-order valence-electron chi connectivity index (χ1n) is 10.0. The van der Waals surface area contributed by atoms with E-state index in [4.69, 9.17) is 16.3 Å². The summed E-state index contributed by atoms with van der Waals surface area (Å²) in [6.07, 6.45) is 6.06. The smallest absolute Gasteiger partial charge is 0.340 e. The van der Waals surface area contributed by atoms with E-state index in [-0.39, 0.29) is 22.1 Å². The Hall–Kier alpha value is -2.68. The maximum atomic E-state index is 12.9. The predicted octanol–water partition coefficient (Wildman–Crippen LogP) is 4.06. The molecule has 0 aliphatic carbocycles. The topological polar surface area (TPSA) is 81.5 Å². The highest BCUT2D eigenvalue weighted by atomic mass is 35.5. The number of piperidine rings is 1. The fourth-order valence-electron chi connectivity index (χ4n) is 3.46. The number of hydrogen-bond acceptors (Lipinski definition) is 5. The predicted molar refractivity (Wildman–Crippen MR) is 117 cm³/mol. The Morgan fingerprint density at radius 2 is 1.81 bits per heavy atom. The Morgan fingerprint density at radius 1 is 1.06 bits per heavy atom. The molecule has 0 bridgehead atoms. The van der Waals surface area contributed by atoms with Gasteiger partial charge in [-0.2, -0.15) is 9.40 Å². The lowest BCUT2D eigenvalue weighted by molar-refractivity contribution is 0.0472. The minimum atomic E-state index is -3.68. The van der Waals surface area contributed by atoms with Gasteiger partial charge < -0.3 is 4.74 Å². The summed E-state index contributed by atoms with van der Waals surface area (Å²) in [6, 6.07) is 13.7. The van der Waals surface area contributed by atoms with Gasteiger partial charge in [0.1, 0.15) is 6.61 Å². The van der Waals surface area contributed by atoms with Crippen molar-refractivity contribution in [3.63, 3.8) is 0 Å². The second-order valence-electron chi connectivity index (χ2n) is 7.31. The molecule has 0 spiro atoms. The lowest BCUT2D eigenvalue weighted by Crippen LogP contribution is -2.35. The zero-order chi connectivity index (χ0) is 21.8. The van der Waals surface area contributed by atoms with Crippen LogP contribution >= 0.6 is 11.6 Å². The molecule has 31 heavy (non-hydrogen) atoms. The minimum absolute atomic E-state index is 0.00883. The summed E-state index contributed by atoms with van der Waals surface area (Å²) in [7, 11) is -3.68. The van der Waals surface area contributed by atoms with Crippen LogP contribution in [0.5, 0.6) is 0 Å². The summed E-state index contributed by atoms with van der Waals surface area (Å²) in [5, 5.41) is 4.41. The number of aromatic nitrogens is 2. The van der Waals surface area contributed by atoms with E-state index in [0.29, 0.717) is 18.7 Å². The zero-order valence-corrected chi connectivity index (χ0v) is 18.3. The van der Waals surface area contributed by atoms with E-state index in [1.165, 1.54) is 22.5 Å². The summed E-state index contributed by atoms with van der Waals surface area (Å²) >= 11 is 6.17. The molecule has 0 saturated carbocycles. The summed E-state index contributed by atoms with van der Waals surface area (Å²) in [4.78, 5) is 12.7. The lowest BCUT2D eigenvalue weighted by Gasteiger charge is -2.26. The molecule has 0 atom stereocenters. The molecule has 0 amide bonds. The monoisotopic (exact) mass is 459 g/mol. The average molecular weight is 460 g/mol. The molecule has 9 heteroatoms. The van der Waals surface area contributed by atoms with E-state index < -0.39 is 16.0 Å². The quantitative estimate of drug-likeness (QED) is 0.519. The molecule has 1 aromatic heterocycles. The fourth-order valence-corrected chi connectivity index (χ4v) is 5.20. The SMILES string of the molecule is O=C(OCc1cnn(-c2ccccc2)c1)c1cc(S(=O)(=O)N2CCCCC2)ccc1Cl. The van der Waals surface area contributed by atoms with Crippen molar-refractivity contribution in [2.24, 2.45) is 0 Å². The van der Waals surface area contributed by atoms with Crippen LogP contribution in [0.25, 0.3) is 5.69 Å². The number of para-hydroxylation sites is 1. The first-order chi connectivity index (χ1) is 14.9. The second kappa shape index (κ2) is 9.21. The van der Waals surface area contributed by atoms with Crippen molar-refractivity contribution in [3.05, 3.63) is 77.1 Å². The van der Waals surface area contributed by atoms with Crippen LogP contribution in [-0.2, 0) is 21.4 Å². The van der Waals surface area contributed by atoms with Gasteiger partial charge in [0, 0.05) is 24.8 Å². The molecule has 3 aromatic rings. The van der Waals surface area contributed by atoms with Crippen LogP contribution in [-0.4, -0.2) is 41.6 Å². The molecule has 7 nitrogen and oxygen atoms in total. The van der Waals surface area contributed by atoms with E-state index in [9.17, 15) is 13.2 Å². The molecule has 2 heterocycles. The molecule has 0 unspecified atom stereocenters. The molecule has 1 fully saturated rings.